The average Bonchev–Trinajstić information content (AvgIpc) is 3.24. The molecular formula is C14H19N3O2S. The van der Waals surface area contributed by atoms with Gasteiger partial charge in [0.15, 0.2) is 0 Å². The smallest absolute Gasteiger partial charge is 0.218 e. The summed E-state index contributed by atoms with van der Waals surface area (Å²) < 4.78 is 26.3. The second kappa shape index (κ2) is 5.92. The summed E-state index contributed by atoms with van der Waals surface area (Å²) in [5, 5.41) is 9.03. The van der Waals surface area contributed by atoms with Gasteiger partial charge in [0.25, 0.3) is 0 Å². The van der Waals surface area contributed by atoms with E-state index in [2.05, 4.69) is 0 Å². The van der Waals surface area contributed by atoms with Crippen molar-refractivity contribution in [2.75, 3.05) is 13.6 Å². The maximum atomic E-state index is 12.5. The first kappa shape index (κ1) is 15.0. The lowest BCUT2D eigenvalue weighted by molar-refractivity contribution is 0.340. The summed E-state index contributed by atoms with van der Waals surface area (Å²) in [5.74, 6) is 0.224. The van der Waals surface area contributed by atoms with Crippen LogP contribution in [0.2, 0.25) is 0 Å². The molecule has 108 valence electrons. The van der Waals surface area contributed by atoms with Crippen LogP contribution in [0, 0.1) is 17.2 Å². The molecule has 0 aliphatic heterocycles. The standard InChI is InChI=1S/C14H19N3O2S/c1-17(14(9-16)11-6-7-11)20(18,19)10-13-5-3-2-4-12(13)8-15/h2-5,11,14H,6-7,9-10,16H2,1H3. The van der Waals surface area contributed by atoms with E-state index in [0.29, 0.717) is 23.6 Å². The van der Waals surface area contributed by atoms with Crippen molar-refractivity contribution in [3.63, 3.8) is 0 Å². The van der Waals surface area contributed by atoms with Crippen LogP contribution < -0.4 is 5.73 Å². The molecule has 0 spiro atoms. The molecule has 1 atom stereocenters. The predicted molar refractivity (Wildman–Crippen MR) is 77.1 cm³/mol. The van der Waals surface area contributed by atoms with Gasteiger partial charge in [0.2, 0.25) is 10.0 Å². The lowest BCUT2D eigenvalue weighted by atomic mass is 10.1. The van der Waals surface area contributed by atoms with Gasteiger partial charge in [0.05, 0.1) is 17.4 Å². The second-order valence-corrected chi connectivity index (χ2v) is 7.21. The summed E-state index contributed by atoms with van der Waals surface area (Å²) >= 11 is 0. The van der Waals surface area contributed by atoms with E-state index in [1.807, 2.05) is 6.07 Å². The Bertz CT molecular complexity index is 618. The summed E-state index contributed by atoms with van der Waals surface area (Å²) in [6, 6.07) is 8.68. The van der Waals surface area contributed by atoms with Crippen LogP contribution in [0.15, 0.2) is 24.3 Å². The molecule has 20 heavy (non-hydrogen) atoms. The molecule has 0 bridgehead atoms. The Hall–Kier alpha value is -1.42. The molecule has 0 saturated heterocycles. The molecule has 0 radical (unpaired) electrons. The van der Waals surface area contributed by atoms with Gasteiger partial charge >= 0.3 is 0 Å². The van der Waals surface area contributed by atoms with Crippen LogP contribution in [0.5, 0.6) is 0 Å². The number of nitrogens with zero attached hydrogens (tertiary/aromatic N) is 2. The van der Waals surface area contributed by atoms with Crippen molar-refractivity contribution in [1.29, 1.82) is 5.26 Å². The van der Waals surface area contributed by atoms with Crippen molar-refractivity contribution in [3.8, 4) is 6.07 Å². The fourth-order valence-electron chi connectivity index (χ4n) is 2.38. The van der Waals surface area contributed by atoms with Gasteiger partial charge in [-0.25, -0.2) is 12.7 Å². The largest absolute Gasteiger partial charge is 0.329 e. The minimum Gasteiger partial charge on any atom is -0.329 e. The number of benzene rings is 1. The number of hydrogen-bond donors (Lipinski definition) is 1. The Morgan fingerprint density at radius 3 is 2.65 bits per heavy atom. The number of likely N-dealkylation sites (N-methyl/N-ethyl adjacent to an activating group) is 1. The first-order valence-corrected chi connectivity index (χ1v) is 8.24. The average molecular weight is 293 g/mol. The van der Waals surface area contributed by atoms with Crippen LogP contribution in [0.1, 0.15) is 24.0 Å². The van der Waals surface area contributed by atoms with Gasteiger partial charge in [0.1, 0.15) is 0 Å². The Morgan fingerprint density at radius 1 is 1.45 bits per heavy atom. The van der Waals surface area contributed by atoms with Crippen molar-refractivity contribution >= 4 is 10.0 Å². The molecule has 2 rings (SSSR count). The minimum absolute atomic E-state index is 0.130. The third-order valence-corrected chi connectivity index (χ3v) is 5.61. The van der Waals surface area contributed by atoms with E-state index in [4.69, 9.17) is 11.0 Å². The van der Waals surface area contributed by atoms with Crippen molar-refractivity contribution in [3.05, 3.63) is 35.4 Å². The molecule has 1 aromatic carbocycles. The van der Waals surface area contributed by atoms with E-state index in [9.17, 15) is 8.42 Å². The highest BCUT2D eigenvalue weighted by Crippen LogP contribution is 2.35. The molecule has 6 heteroatoms. The van der Waals surface area contributed by atoms with Crippen LogP contribution in [-0.2, 0) is 15.8 Å². The van der Waals surface area contributed by atoms with Gasteiger partial charge in [-0.1, -0.05) is 18.2 Å². The van der Waals surface area contributed by atoms with Gasteiger partial charge in [-0.3, -0.25) is 0 Å². The Balaban J connectivity index is 2.20. The molecule has 0 heterocycles. The van der Waals surface area contributed by atoms with E-state index in [-0.39, 0.29) is 11.8 Å². The van der Waals surface area contributed by atoms with Crippen LogP contribution in [-0.4, -0.2) is 32.4 Å². The molecule has 0 amide bonds. The van der Waals surface area contributed by atoms with Gasteiger partial charge in [-0.2, -0.15) is 5.26 Å². The molecule has 1 saturated carbocycles. The predicted octanol–water partition coefficient (Wildman–Crippen LogP) is 1.06. The molecule has 1 unspecified atom stereocenters. The topological polar surface area (TPSA) is 87.2 Å². The van der Waals surface area contributed by atoms with E-state index in [1.165, 1.54) is 4.31 Å². The van der Waals surface area contributed by atoms with E-state index < -0.39 is 10.0 Å². The maximum Gasteiger partial charge on any atom is 0.218 e. The lowest BCUT2D eigenvalue weighted by Crippen LogP contribution is -2.43. The van der Waals surface area contributed by atoms with Crippen molar-refractivity contribution in [1.82, 2.24) is 4.31 Å². The lowest BCUT2D eigenvalue weighted by Gasteiger charge is -2.26. The third-order valence-electron chi connectivity index (χ3n) is 3.79. The Kier molecular flexibility index (Phi) is 4.43. The molecular weight excluding hydrogens is 274 g/mol. The highest BCUT2D eigenvalue weighted by atomic mass is 32.2. The van der Waals surface area contributed by atoms with Crippen molar-refractivity contribution in [2.24, 2.45) is 11.7 Å². The zero-order valence-electron chi connectivity index (χ0n) is 11.5. The first-order valence-electron chi connectivity index (χ1n) is 6.63. The highest BCUT2D eigenvalue weighted by Gasteiger charge is 2.37. The number of hydrogen-bond acceptors (Lipinski definition) is 4. The molecule has 2 N–H and O–H groups in total. The van der Waals surface area contributed by atoms with Crippen molar-refractivity contribution in [2.45, 2.75) is 24.6 Å². The molecule has 1 aliphatic carbocycles. The Labute approximate surface area is 120 Å². The number of sulfonamides is 1. The zero-order valence-corrected chi connectivity index (χ0v) is 12.3. The minimum atomic E-state index is -3.46. The zero-order chi connectivity index (χ0) is 14.8. The normalized spacial score (nSPS) is 16.9. The number of rotatable bonds is 6. The third kappa shape index (κ3) is 3.18. The molecule has 1 fully saturated rings. The molecule has 1 aliphatic rings. The fraction of sp³-hybridized carbons (Fsp3) is 0.500. The Morgan fingerprint density at radius 2 is 2.10 bits per heavy atom. The number of nitriles is 1. The van der Waals surface area contributed by atoms with Gasteiger partial charge in [-0.15, -0.1) is 0 Å². The van der Waals surface area contributed by atoms with Crippen LogP contribution in [0.3, 0.4) is 0 Å². The summed E-state index contributed by atoms with van der Waals surface area (Å²) in [7, 11) is -1.88. The van der Waals surface area contributed by atoms with E-state index in [0.717, 1.165) is 12.8 Å². The van der Waals surface area contributed by atoms with E-state index in [1.54, 1.807) is 31.3 Å². The monoisotopic (exact) mass is 293 g/mol. The summed E-state index contributed by atoms with van der Waals surface area (Å²) in [6.45, 7) is 0.334. The van der Waals surface area contributed by atoms with Crippen LogP contribution in [0.4, 0.5) is 0 Å². The molecule has 5 nitrogen and oxygen atoms in total. The molecule has 1 aromatic rings. The summed E-state index contributed by atoms with van der Waals surface area (Å²) in [5.41, 5.74) is 6.64. The van der Waals surface area contributed by atoms with Gasteiger partial charge < -0.3 is 5.73 Å². The van der Waals surface area contributed by atoms with Crippen molar-refractivity contribution < 1.29 is 8.42 Å². The van der Waals surface area contributed by atoms with Gasteiger partial charge in [-0.05, 0) is 30.4 Å². The first-order chi connectivity index (χ1) is 9.49. The van der Waals surface area contributed by atoms with Crippen LogP contribution >= 0.6 is 0 Å². The second-order valence-electron chi connectivity index (χ2n) is 5.18. The molecule has 0 aromatic heterocycles. The van der Waals surface area contributed by atoms with Gasteiger partial charge in [0, 0.05) is 19.6 Å². The van der Waals surface area contributed by atoms with Crippen LogP contribution in [0.25, 0.3) is 0 Å². The maximum absolute atomic E-state index is 12.5. The SMILES string of the molecule is CN(C(CN)C1CC1)S(=O)(=O)Cc1ccccc1C#N. The number of nitrogens with two attached hydrogens (primary N) is 1. The summed E-state index contributed by atoms with van der Waals surface area (Å²) in [4.78, 5) is 0. The summed E-state index contributed by atoms with van der Waals surface area (Å²) in [6.07, 6.45) is 2.08. The highest BCUT2D eigenvalue weighted by molar-refractivity contribution is 7.88. The fourth-order valence-corrected chi connectivity index (χ4v) is 3.90. The van der Waals surface area contributed by atoms with E-state index >= 15 is 0 Å². The quantitative estimate of drug-likeness (QED) is 0.849.